The van der Waals surface area contributed by atoms with Gasteiger partial charge >= 0.3 is 11.7 Å². The van der Waals surface area contributed by atoms with Crippen molar-refractivity contribution in [1.29, 1.82) is 0 Å². The number of anilines is 1. The summed E-state index contributed by atoms with van der Waals surface area (Å²) in [6, 6.07) is 4.84. The number of hydrogen-bond donors (Lipinski definition) is 3. The van der Waals surface area contributed by atoms with Crippen LogP contribution >= 0.6 is 0 Å². The number of fused-ring (bicyclic) bond motifs is 1. The van der Waals surface area contributed by atoms with Crippen molar-refractivity contribution >= 4 is 28.6 Å². The number of nitrogens with zero attached hydrogens (tertiary/aromatic N) is 1. The van der Waals surface area contributed by atoms with Gasteiger partial charge in [0, 0.05) is 12.2 Å². The number of nitrogens with one attached hydrogen (secondary N) is 3. The zero-order valence-corrected chi connectivity index (χ0v) is 15.0. The van der Waals surface area contributed by atoms with E-state index in [4.69, 9.17) is 4.74 Å². The number of aromatic amines is 2. The number of carbonyl (C=O) groups is 2. The lowest BCUT2D eigenvalue weighted by atomic mass is 9.97. The highest BCUT2D eigenvalue weighted by Crippen LogP contribution is 2.21. The van der Waals surface area contributed by atoms with E-state index in [-0.39, 0.29) is 29.5 Å². The average molecular weight is 360 g/mol. The van der Waals surface area contributed by atoms with Crippen LogP contribution in [0, 0.1) is 5.92 Å². The molecule has 0 radical (unpaired) electrons. The summed E-state index contributed by atoms with van der Waals surface area (Å²) in [6.07, 6.45) is 1.65. The highest BCUT2D eigenvalue weighted by Gasteiger charge is 2.31. The summed E-state index contributed by atoms with van der Waals surface area (Å²) in [4.78, 5) is 43.3. The molecule has 2 unspecified atom stereocenters. The van der Waals surface area contributed by atoms with Gasteiger partial charge in [-0.3, -0.25) is 14.5 Å². The van der Waals surface area contributed by atoms with E-state index >= 15 is 0 Å². The molecule has 1 aliphatic rings. The van der Waals surface area contributed by atoms with Crippen molar-refractivity contribution in [1.82, 2.24) is 14.9 Å². The van der Waals surface area contributed by atoms with Gasteiger partial charge in [0.1, 0.15) is 0 Å². The van der Waals surface area contributed by atoms with E-state index in [9.17, 15) is 14.4 Å². The Morgan fingerprint density at radius 2 is 2.12 bits per heavy atom. The third kappa shape index (κ3) is 3.96. The van der Waals surface area contributed by atoms with Crippen molar-refractivity contribution in [3.8, 4) is 0 Å². The van der Waals surface area contributed by atoms with Crippen LogP contribution in [0.5, 0.6) is 0 Å². The fourth-order valence-corrected chi connectivity index (χ4v) is 3.33. The highest BCUT2D eigenvalue weighted by atomic mass is 16.5. The number of hydrogen-bond acceptors (Lipinski definition) is 5. The van der Waals surface area contributed by atoms with Crippen LogP contribution in [0.1, 0.15) is 26.7 Å². The standard InChI is InChI=1S/C18H24N4O4/c1-3-26-17(24)12-5-4-8-22(10-12)11(2)16(23)19-13-6-7-14-15(9-13)21-18(25)20-14/h6-7,9,11-12H,3-5,8,10H2,1-2H3,(H,19,23)(H2,20,21,25). The third-order valence-electron chi connectivity index (χ3n) is 4.78. The number of likely N-dealkylation sites (tertiary alicyclic amines) is 1. The van der Waals surface area contributed by atoms with E-state index in [1.807, 2.05) is 11.8 Å². The number of aromatic nitrogens is 2. The lowest BCUT2D eigenvalue weighted by molar-refractivity contribution is -0.150. The molecule has 0 bridgehead atoms. The molecule has 1 saturated heterocycles. The maximum Gasteiger partial charge on any atom is 0.323 e. The van der Waals surface area contributed by atoms with Gasteiger partial charge in [-0.2, -0.15) is 0 Å². The Kier molecular flexibility index (Phi) is 5.41. The number of imidazole rings is 1. The van der Waals surface area contributed by atoms with Crippen LogP contribution in [0.4, 0.5) is 5.69 Å². The Morgan fingerprint density at radius 3 is 2.88 bits per heavy atom. The van der Waals surface area contributed by atoms with E-state index in [1.54, 1.807) is 25.1 Å². The molecule has 26 heavy (non-hydrogen) atoms. The number of piperidine rings is 1. The van der Waals surface area contributed by atoms with Gasteiger partial charge in [-0.15, -0.1) is 0 Å². The van der Waals surface area contributed by atoms with Crippen molar-refractivity contribution in [3.05, 3.63) is 28.7 Å². The van der Waals surface area contributed by atoms with Gasteiger partial charge in [-0.1, -0.05) is 0 Å². The van der Waals surface area contributed by atoms with Gasteiger partial charge in [-0.05, 0) is 51.4 Å². The van der Waals surface area contributed by atoms with Crippen LogP contribution in [0.2, 0.25) is 0 Å². The van der Waals surface area contributed by atoms with Crippen LogP contribution in [0.3, 0.4) is 0 Å². The number of carbonyl (C=O) groups excluding carboxylic acids is 2. The molecule has 0 aliphatic carbocycles. The summed E-state index contributed by atoms with van der Waals surface area (Å²) in [7, 11) is 0. The molecule has 1 aliphatic heterocycles. The number of esters is 1. The predicted molar refractivity (Wildman–Crippen MR) is 97.9 cm³/mol. The Morgan fingerprint density at radius 1 is 1.35 bits per heavy atom. The molecule has 3 N–H and O–H groups in total. The normalized spacial score (nSPS) is 19.2. The monoisotopic (exact) mass is 360 g/mol. The first kappa shape index (κ1) is 18.2. The molecule has 2 aromatic rings. The zero-order valence-electron chi connectivity index (χ0n) is 15.0. The molecular formula is C18H24N4O4. The van der Waals surface area contributed by atoms with Crippen LogP contribution in [0.25, 0.3) is 11.0 Å². The highest BCUT2D eigenvalue weighted by molar-refractivity contribution is 5.96. The second kappa shape index (κ2) is 7.74. The fraction of sp³-hybridized carbons (Fsp3) is 0.500. The maximum absolute atomic E-state index is 12.6. The molecule has 3 rings (SSSR count). The number of ether oxygens (including phenoxy) is 1. The van der Waals surface area contributed by atoms with Crippen molar-refractivity contribution in [2.75, 3.05) is 25.0 Å². The summed E-state index contributed by atoms with van der Waals surface area (Å²) in [5, 5.41) is 2.88. The molecule has 1 aromatic carbocycles. The summed E-state index contributed by atoms with van der Waals surface area (Å²) in [5.74, 6) is -0.515. The molecule has 1 amide bonds. The second-order valence-electron chi connectivity index (χ2n) is 6.59. The second-order valence-corrected chi connectivity index (χ2v) is 6.59. The van der Waals surface area contributed by atoms with E-state index in [2.05, 4.69) is 15.3 Å². The number of H-pyrrole nitrogens is 2. The first-order chi connectivity index (χ1) is 12.5. The van der Waals surface area contributed by atoms with E-state index in [0.29, 0.717) is 29.9 Å². The van der Waals surface area contributed by atoms with Crippen LogP contribution < -0.4 is 11.0 Å². The number of benzene rings is 1. The minimum absolute atomic E-state index is 0.147. The third-order valence-corrected chi connectivity index (χ3v) is 4.78. The Balaban J connectivity index is 1.64. The zero-order chi connectivity index (χ0) is 18.7. The van der Waals surface area contributed by atoms with Crippen LogP contribution in [-0.4, -0.2) is 52.5 Å². The van der Waals surface area contributed by atoms with Crippen molar-refractivity contribution in [2.24, 2.45) is 5.92 Å². The summed E-state index contributed by atoms with van der Waals surface area (Å²) >= 11 is 0. The van der Waals surface area contributed by atoms with Crippen LogP contribution in [-0.2, 0) is 14.3 Å². The van der Waals surface area contributed by atoms with E-state index in [0.717, 1.165) is 19.4 Å². The van der Waals surface area contributed by atoms with Gasteiger partial charge in [0.2, 0.25) is 5.91 Å². The lowest BCUT2D eigenvalue weighted by Crippen LogP contribution is -2.48. The Bertz CT molecular complexity index is 856. The largest absolute Gasteiger partial charge is 0.466 e. The van der Waals surface area contributed by atoms with E-state index in [1.165, 1.54) is 0 Å². The molecule has 140 valence electrons. The van der Waals surface area contributed by atoms with E-state index < -0.39 is 0 Å². The van der Waals surface area contributed by atoms with Crippen molar-refractivity contribution < 1.29 is 14.3 Å². The molecule has 0 spiro atoms. The van der Waals surface area contributed by atoms with Gasteiger partial charge < -0.3 is 20.0 Å². The summed E-state index contributed by atoms with van der Waals surface area (Å²) in [5.41, 5.74) is 1.66. The molecule has 0 saturated carbocycles. The molecule has 8 heteroatoms. The van der Waals surface area contributed by atoms with Crippen molar-refractivity contribution in [3.63, 3.8) is 0 Å². The number of rotatable bonds is 5. The molecule has 1 fully saturated rings. The molecule has 1 aromatic heterocycles. The Hall–Kier alpha value is -2.61. The quantitative estimate of drug-likeness (QED) is 0.700. The first-order valence-corrected chi connectivity index (χ1v) is 8.91. The fourth-order valence-electron chi connectivity index (χ4n) is 3.33. The van der Waals surface area contributed by atoms with Crippen LogP contribution in [0.15, 0.2) is 23.0 Å². The molecular weight excluding hydrogens is 336 g/mol. The van der Waals surface area contributed by atoms with Gasteiger partial charge in [0.25, 0.3) is 0 Å². The molecule has 2 heterocycles. The minimum Gasteiger partial charge on any atom is -0.466 e. The molecule has 8 nitrogen and oxygen atoms in total. The topological polar surface area (TPSA) is 107 Å². The Labute approximate surface area is 150 Å². The van der Waals surface area contributed by atoms with Gasteiger partial charge in [0.05, 0.1) is 29.6 Å². The predicted octanol–water partition coefficient (Wildman–Crippen LogP) is 1.46. The lowest BCUT2D eigenvalue weighted by Gasteiger charge is -2.35. The van der Waals surface area contributed by atoms with Crippen molar-refractivity contribution in [2.45, 2.75) is 32.7 Å². The SMILES string of the molecule is CCOC(=O)C1CCCN(C(C)C(=O)Nc2ccc3[nH]c(=O)[nH]c3c2)C1. The summed E-state index contributed by atoms with van der Waals surface area (Å²) < 4.78 is 5.11. The average Bonchev–Trinajstić information content (AvgIpc) is 3.00. The maximum atomic E-state index is 12.6. The molecule has 2 atom stereocenters. The smallest absolute Gasteiger partial charge is 0.323 e. The minimum atomic E-state index is -0.367. The van der Waals surface area contributed by atoms with Gasteiger partial charge in [0.15, 0.2) is 0 Å². The first-order valence-electron chi connectivity index (χ1n) is 8.91. The summed E-state index contributed by atoms with van der Waals surface area (Å²) in [6.45, 7) is 5.30. The number of amides is 1. The van der Waals surface area contributed by atoms with Gasteiger partial charge in [-0.25, -0.2) is 4.79 Å².